The Hall–Kier alpha value is -9.06. The summed E-state index contributed by atoms with van der Waals surface area (Å²) in [6, 6.07) is 22.1. The maximum absolute atomic E-state index is 14.6. The number of carbonyl (C=O) groups is 6. The van der Waals surface area contributed by atoms with Gasteiger partial charge in [-0.2, -0.15) is 0 Å². The molecule has 0 spiro atoms. The van der Waals surface area contributed by atoms with Crippen LogP contribution in [-0.2, 0) is 45.4 Å². The van der Waals surface area contributed by atoms with Crippen LogP contribution in [0.25, 0.3) is 0 Å². The quantitative estimate of drug-likeness (QED) is 0.0653. The molecule has 444 valence electrons. The lowest BCUT2D eigenvalue weighted by Crippen LogP contribution is -2.32. The minimum absolute atomic E-state index is 0.225. The second-order valence-corrected chi connectivity index (χ2v) is 22.8. The van der Waals surface area contributed by atoms with Crippen LogP contribution in [-0.4, -0.2) is 72.5 Å². The van der Waals surface area contributed by atoms with E-state index in [9.17, 15) is 28.8 Å². The number of ether oxygens (including phenoxy) is 10. The number of rotatable bonds is 16. The summed E-state index contributed by atoms with van der Waals surface area (Å²) in [7, 11) is 0. The van der Waals surface area contributed by atoms with Gasteiger partial charge < -0.3 is 47.4 Å². The van der Waals surface area contributed by atoms with Crippen LogP contribution in [0.15, 0.2) is 72.8 Å². The van der Waals surface area contributed by atoms with E-state index in [2.05, 4.69) is 52.0 Å². The molecule has 6 aromatic carbocycles. The first-order chi connectivity index (χ1) is 41.8. The van der Waals surface area contributed by atoms with Crippen molar-refractivity contribution in [2.75, 3.05) is 27.2 Å². The highest BCUT2D eigenvalue weighted by Gasteiger charge is 2.45. The van der Waals surface area contributed by atoms with E-state index in [0.29, 0.717) is 120 Å². The van der Waals surface area contributed by atoms with E-state index in [1.165, 1.54) is 23.6 Å². The van der Waals surface area contributed by atoms with Gasteiger partial charge in [-0.25, -0.2) is 0 Å². The molecule has 18 heteroatoms. The molecular formula is C68H66N2O16. The van der Waals surface area contributed by atoms with Gasteiger partial charge in [-0.1, -0.05) is 77.6 Å². The van der Waals surface area contributed by atoms with Crippen LogP contribution in [0.3, 0.4) is 0 Å². The molecule has 0 saturated heterocycles. The fourth-order valence-corrected chi connectivity index (χ4v) is 14.1. The van der Waals surface area contributed by atoms with Crippen molar-refractivity contribution in [1.29, 1.82) is 0 Å². The first kappa shape index (κ1) is 56.1. The predicted molar refractivity (Wildman–Crippen MR) is 309 cm³/mol. The predicted octanol–water partition coefficient (Wildman–Crippen LogP) is 12.4. The number of nitrogens with zero attached hydrogens (tertiary/aromatic N) is 2. The standard InChI is InChI=1S/C68H66N2O16/c1-7-15-37-45-23-47-38(16-8-2)49-25-51-40(18-10-4)52-26-50-39(17-9-3)48-24-46(37)58-54(28-70-67(75)43-21-13-14-22-44(43)68(70)76)60(48)82-33-84-62(50)56(30-78-36(6)72)64(52)86-34-85-63(51)55(29-77-35(5)71)61(49)83-32-81-59(47)53(57(45)79-31-80-58)27-69-65(73)41-19-11-12-20-42(41)66(69)74/h11-14,19-26,37-40H,7-10,15-18,27-34H2,1-6H3/t37?,38-,39-,40?/m1/s1. The van der Waals surface area contributed by atoms with Gasteiger partial charge in [0.1, 0.15) is 59.2 Å². The van der Waals surface area contributed by atoms with Gasteiger partial charge in [0.15, 0.2) is 0 Å². The van der Waals surface area contributed by atoms with E-state index >= 15 is 0 Å². The van der Waals surface area contributed by atoms with Crippen molar-refractivity contribution >= 4 is 35.6 Å². The third-order valence-electron chi connectivity index (χ3n) is 17.7. The van der Waals surface area contributed by atoms with Crippen molar-refractivity contribution < 1.29 is 76.1 Å². The molecule has 6 heterocycles. The minimum Gasteiger partial charge on any atom is -0.461 e. The zero-order chi connectivity index (χ0) is 59.7. The second kappa shape index (κ2) is 22.7. The smallest absolute Gasteiger partial charge is 0.302 e. The number of hydrogen-bond donors (Lipinski definition) is 0. The topological polar surface area (TPSA) is 201 Å². The summed E-state index contributed by atoms with van der Waals surface area (Å²) in [6.45, 7) is 8.66. The Labute approximate surface area is 497 Å². The lowest BCUT2D eigenvalue weighted by molar-refractivity contribution is -0.143. The Morgan fingerprint density at radius 1 is 0.384 bits per heavy atom. The summed E-state index contributed by atoms with van der Waals surface area (Å²) >= 11 is 0. The molecule has 6 aliphatic heterocycles. The average molecular weight is 1170 g/mol. The van der Waals surface area contributed by atoms with E-state index in [1.54, 1.807) is 48.5 Å². The highest BCUT2D eigenvalue weighted by atomic mass is 16.7. The van der Waals surface area contributed by atoms with Gasteiger partial charge in [0.2, 0.25) is 27.2 Å². The van der Waals surface area contributed by atoms with E-state index in [1.807, 2.05) is 0 Å². The van der Waals surface area contributed by atoms with Gasteiger partial charge in [0, 0.05) is 82.0 Å². The monoisotopic (exact) mass is 1170 g/mol. The zero-order valence-corrected chi connectivity index (χ0v) is 49.0. The van der Waals surface area contributed by atoms with E-state index in [4.69, 9.17) is 47.4 Å². The maximum atomic E-state index is 14.6. The van der Waals surface area contributed by atoms with Crippen molar-refractivity contribution in [2.45, 2.75) is 143 Å². The Morgan fingerprint density at radius 3 is 0.814 bits per heavy atom. The van der Waals surface area contributed by atoms with E-state index in [0.717, 1.165) is 44.5 Å². The highest BCUT2D eigenvalue weighted by molar-refractivity contribution is 6.22. The molecule has 1 aliphatic carbocycles. The van der Waals surface area contributed by atoms with Crippen molar-refractivity contribution in [2.24, 2.45) is 0 Å². The molecule has 8 bridgehead atoms. The maximum Gasteiger partial charge on any atom is 0.302 e. The van der Waals surface area contributed by atoms with Crippen LogP contribution in [0.1, 0.15) is 225 Å². The van der Waals surface area contributed by atoms with Gasteiger partial charge >= 0.3 is 11.9 Å². The molecule has 6 aromatic rings. The Balaban J connectivity index is 1.18. The van der Waals surface area contributed by atoms with E-state index < -0.39 is 66.0 Å². The van der Waals surface area contributed by atoms with Gasteiger partial charge in [0.25, 0.3) is 23.6 Å². The number of amides is 4. The fourth-order valence-electron chi connectivity index (χ4n) is 14.1. The molecule has 0 radical (unpaired) electrons. The summed E-state index contributed by atoms with van der Waals surface area (Å²) in [6.07, 6.45) is 4.80. The highest BCUT2D eigenvalue weighted by Crippen LogP contribution is 2.59. The number of benzene rings is 6. The molecule has 18 nitrogen and oxygen atoms in total. The van der Waals surface area contributed by atoms with Crippen LogP contribution in [0.4, 0.5) is 0 Å². The summed E-state index contributed by atoms with van der Waals surface area (Å²) < 4.78 is 67.0. The third-order valence-corrected chi connectivity index (χ3v) is 17.7. The summed E-state index contributed by atoms with van der Waals surface area (Å²) in [5.74, 6) is -1.97. The third kappa shape index (κ3) is 9.21. The molecule has 13 rings (SSSR count). The van der Waals surface area contributed by atoms with Crippen molar-refractivity contribution in [3.05, 3.63) is 162 Å². The molecule has 86 heavy (non-hydrogen) atoms. The molecular weight excluding hydrogens is 1100 g/mol. The summed E-state index contributed by atoms with van der Waals surface area (Å²) in [4.78, 5) is 86.8. The Kier molecular flexibility index (Phi) is 14.8. The lowest BCUT2D eigenvalue weighted by atomic mass is 9.74. The molecule has 0 N–H and O–H groups in total. The molecule has 0 fully saturated rings. The van der Waals surface area contributed by atoms with Crippen LogP contribution < -0.4 is 37.9 Å². The van der Waals surface area contributed by atoms with Gasteiger partial charge in [-0.3, -0.25) is 38.6 Å². The number of fused-ring (bicyclic) bond motifs is 2. The largest absolute Gasteiger partial charge is 0.461 e. The molecule has 4 amide bonds. The average Bonchev–Trinajstić information content (AvgIpc) is 1.95. The van der Waals surface area contributed by atoms with Crippen molar-refractivity contribution in [3.63, 3.8) is 0 Å². The molecule has 0 aromatic heterocycles. The minimum atomic E-state index is -0.571. The second-order valence-electron chi connectivity index (χ2n) is 22.8. The lowest BCUT2D eigenvalue weighted by Gasteiger charge is -2.38. The molecule has 0 unspecified atom stereocenters. The summed E-state index contributed by atoms with van der Waals surface area (Å²) in [5.41, 5.74) is 8.91. The van der Waals surface area contributed by atoms with Gasteiger partial charge in [0.05, 0.1) is 57.6 Å². The van der Waals surface area contributed by atoms with E-state index in [-0.39, 0.29) is 68.9 Å². The normalized spacial score (nSPS) is 18.9. The first-order valence-corrected chi connectivity index (χ1v) is 29.8. The number of esters is 2. The van der Waals surface area contributed by atoms with Crippen LogP contribution >= 0.6 is 0 Å². The van der Waals surface area contributed by atoms with Crippen LogP contribution in [0.2, 0.25) is 0 Å². The number of hydrogen-bond acceptors (Lipinski definition) is 16. The summed E-state index contributed by atoms with van der Waals surface area (Å²) in [5, 5.41) is 0. The molecule has 0 saturated carbocycles. The Bertz CT molecular complexity index is 3540. The van der Waals surface area contributed by atoms with Crippen molar-refractivity contribution in [3.8, 4) is 46.0 Å². The fraction of sp³-hybridized carbons (Fsp3) is 0.382. The van der Waals surface area contributed by atoms with Crippen LogP contribution in [0.5, 0.6) is 46.0 Å². The van der Waals surface area contributed by atoms with Crippen LogP contribution in [0, 0.1) is 0 Å². The SMILES string of the molecule is CCCC1c2cc3c4c(COC(C)=O)c2OCOc2c1cc1c(c2COC(C)=O)OCOc2c(cc5c(c2CN2C(=O)c6ccccc6C2=O)OCOc2c(cc(c(c2CN2C(=O)c6ccccc6C2=O)OCO4)[C@H]3CCC)C5CCC)[C@H]1CCC. The molecule has 7 aliphatic rings. The van der Waals surface area contributed by atoms with Gasteiger partial charge in [-0.15, -0.1) is 0 Å². The Morgan fingerprint density at radius 2 is 0.605 bits per heavy atom. The number of carbonyl (C=O) groups excluding carboxylic acids is 6. The zero-order valence-electron chi connectivity index (χ0n) is 49.0. The van der Waals surface area contributed by atoms with Gasteiger partial charge in [-0.05, 0) is 74.2 Å². The van der Waals surface area contributed by atoms with Crippen molar-refractivity contribution in [1.82, 2.24) is 9.80 Å². The molecule has 2 atom stereocenters. The first-order valence-electron chi connectivity index (χ1n) is 29.8. The number of imide groups is 2.